The summed E-state index contributed by atoms with van der Waals surface area (Å²) < 4.78 is 0. The van der Waals surface area contributed by atoms with Crippen molar-refractivity contribution in [2.75, 3.05) is 32.7 Å². The molecule has 408 valence electrons. The first kappa shape index (κ1) is 66.9. The molecule has 0 aromatic heterocycles. The van der Waals surface area contributed by atoms with Crippen LogP contribution < -0.4 is 11.1 Å². The lowest BCUT2D eigenvalue weighted by Crippen LogP contribution is -2.44. The fourth-order valence-corrected chi connectivity index (χ4v) is 9.90. The third kappa shape index (κ3) is 50.6. The molecular weight excluding hydrogens is 853 g/mol. The number of nitrogens with two attached hydrogens (primary N) is 1. The summed E-state index contributed by atoms with van der Waals surface area (Å²) in [5, 5.41) is 3.09. The second-order valence-corrected chi connectivity index (χ2v) is 21.4. The maximum Gasteiger partial charge on any atom is 0.222 e. The number of hydrogen-bond donors (Lipinski definition) is 2. The van der Waals surface area contributed by atoms with Crippen LogP contribution in [0, 0.1) is 0 Å². The average Bonchev–Trinajstić information content (AvgIpc) is 3.34. The van der Waals surface area contributed by atoms with Gasteiger partial charge in [-0.3, -0.25) is 19.2 Å². The Kier molecular flexibility index (Phi) is 53.5. The minimum absolute atomic E-state index is 0.0394. The molecule has 0 unspecified atom stereocenters. The van der Waals surface area contributed by atoms with Gasteiger partial charge in [0.2, 0.25) is 23.6 Å². The lowest BCUT2D eigenvalue weighted by molar-refractivity contribution is -0.135. The molecule has 0 aromatic carbocycles. The van der Waals surface area contributed by atoms with Gasteiger partial charge in [-0.25, -0.2) is 0 Å². The van der Waals surface area contributed by atoms with E-state index < -0.39 is 5.91 Å². The van der Waals surface area contributed by atoms with E-state index in [1.54, 1.807) is 4.90 Å². The van der Waals surface area contributed by atoms with E-state index in [0.29, 0.717) is 45.4 Å². The van der Waals surface area contributed by atoms with Crippen molar-refractivity contribution in [2.45, 2.75) is 335 Å². The van der Waals surface area contributed by atoms with Gasteiger partial charge in [0.05, 0.1) is 0 Å². The van der Waals surface area contributed by atoms with Gasteiger partial charge in [0.15, 0.2) is 0 Å². The maximum absolute atomic E-state index is 13.7. The number of nitrogens with zero attached hydrogens (tertiary/aromatic N) is 2. The molecule has 0 aliphatic rings. The zero-order valence-corrected chi connectivity index (χ0v) is 46.8. The first-order chi connectivity index (χ1) is 33.8. The van der Waals surface area contributed by atoms with Crippen LogP contribution in [0.4, 0.5) is 0 Å². The lowest BCUT2D eigenvalue weighted by atomic mass is 10.0. The molecule has 0 fully saturated rings. The van der Waals surface area contributed by atoms with E-state index in [-0.39, 0.29) is 30.7 Å². The molecule has 3 N–H and O–H groups in total. The van der Waals surface area contributed by atoms with Crippen LogP contribution in [0.15, 0.2) is 0 Å². The summed E-state index contributed by atoms with van der Waals surface area (Å²) in [4.78, 5) is 55.4. The van der Waals surface area contributed by atoms with Crippen LogP contribution >= 0.6 is 0 Å². The normalized spacial score (nSPS) is 11.3. The average molecular weight is 974 g/mol. The van der Waals surface area contributed by atoms with Crippen LogP contribution in [0.1, 0.15) is 335 Å². The molecule has 0 bridgehead atoms. The number of rotatable bonds is 57. The number of carbonyl (C=O) groups excluding carboxylic acids is 4. The Balaban J connectivity index is 4.75. The third-order valence-corrected chi connectivity index (χ3v) is 14.7. The van der Waals surface area contributed by atoms with E-state index in [1.807, 2.05) is 4.90 Å². The second-order valence-electron chi connectivity index (χ2n) is 21.4. The third-order valence-electron chi connectivity index (χ3n) is 14.7. The minimum Gasteiger partial charge on any atom is -0.370 e. The van der Waals surface area contributed by atoms with Crippen molar-refractivity contribution in [2.24, 2.45) is 5.73 Å². The largest absolute Gasteiger partial charge is 0.370 e. The highest BCUT2D eigenvalue weighted by atomic mass is 16.2. The topological polar surface area (TPSA) is 113 Å². The van der Waals surface area contributed by atoms with E-state index >= 15 is 0 Å². The van der Waals surface area contributed by atoms with Crippen molar-refractivity contribution in [1.82, 2.24) is 15.1 Å². The van der Waals surface area contributed by atoms with Gasteiger partial charge in [-0.1, -0.05) is 290 Å². The van der Waals surface area contributed by atoms with E-state index in [2.05, 4.69) is 26.1 Å². The maximum atomic E-state index is 13.7. The summed E-state index contributed by atoms with van der Waals surface area (Å²) in [7, 11) is 0. The van der Waals surface area contributed by atoms with Gasteiger partial charge in [0.1, 0.15) is 0 Å². The number of hydrogen-bond acceptors (Lipinski definition) is 4. The van der Waals surface area contributed by atoms with Gasteiger partial charge in [-0.15, -0.1) is 0 Å². The highest BCUT2D eigenvalue weighted by Crippen LogP contribution is 2.18. The number of nitrogens with one attached hydrogen (secondary N) is 1. The molecule has 8 heteroatoms. The van der Waals surface area contributed by atoms with Crippen LogP contribution in [-0.4, -0.2) is 66.2 Å². The van der Waals surface area contributed by atoms with Crippen LogP contribution in [0.2, 0.25) is 0 Å². The summed E-state index contributed by atoms with van der Waals surface area (Å²) >= 11 is 0. The van der Waals surface area contributed by atoms with Crippen LogP contribution in [0.5, 0.6) is 0 Å². The Labute approximate surface area is 430 Å². The van der Waals surface area contributed by atoms with Gasteiger partial charge >= 0.3 is 0 Å². The van der Waals surface area contributed by atoms with Crippen molar-refractivity contribution in [1.29, 1.82) is 0 Å². The highest BCUT2D eigenvalue weighted by molar-refractivity contribution is 5.79. The Morgan fingerprint density at radius 2 is 0.522 bits per heavy atom. The van der Waals surface area contributed by atoms with Crippen molar-refractivity contribution in [3.63, 3.8) is 0 Å². The molecule has 0 saturated heterocycles. The predicted molar refractivity (Wildman–Crippen MR) is 299 cm³/mol. The number of unbranched alkanes of at least 4 members (excludes halogenated alkanes) is 42. The minimum atomic E-state index is -0.419. The predicted octanol–water partition coefficient (Wildman–Crippen LogP) is 17.4. The van der Waals surface area contributed by atoms with Crippen molar-refractivity contribution in [3.05, 3.63) is 0 Å². The quantitative estimate of drug-likeness (QED) is 0.0591. The molecule has 69 heavy (non-hydrogen) atoms. The summed E-state index contributed by atoms with van der Waals surface area (Å²) in [6, 6.07) is 0. The molecule has 0 heterocycles. The summed E-state index contributed by atoms with van der Waals surface area (Å²) in [6.45, 7) is 8.73. The molecule has 0 aliphatic carbocycles. The number of amides is 4. The Morgan fingerprint density at radius 3 is 0.783 bits per heavy atom. The van der Waals surface area contributed by atoms with Crippen LogP contribution in [0.25, 0.3) is 0 Å². The van der Waals surface area contributed by atoms with E-state index in [0.717, 1.165) is 51.4 Å². The van der Waals surface area contributed by atoms with Gasteiger partial charge < -0.3 is 20.9 Å². The molecule has 0 aliphatic heterocycles. The Bertz CT molecular complexity index is 1120. The Morgan fingerprint density at radius 1 is 0.290 bits per heavy atom. The molecule has 8 nitrogen and oxygen atoms in total. The van der Waals surface area contributed by atoms with E-state index in [1.165, 1.54) is 238 Å². The summed E-state index contributed by atoms with van der Waals surface area (Å²) in [5.74, 6) is -0.234. The number of primary amides is 1. The molecule has 0 radical (unpaired) electrons. The molecular formula is C61H120N4O4. The smallest absolute Gasteiger partial charge is 0.222 e. The standard InChI is InChI=1S/C61H120N4O4/c1-4-7-10-13-16-19-22-25-28-31-34-37-40-43-46-49-59(67)63-53-55-65(61(69)51-48-45-42-39-36-33-30-27-24-21-18-15-12-9-6-3)57-56-64(54-52-58(62)66)60(68)50-47-44-41-38-35-32-29-26-23-20-17-14-11-8-5-2/h4-57H2,1-3H3,(H2,62,66)(H,63,67). The molecule has 0 aromatic rings. The summed E-state index contributed by atoms with van der Waals surface area (Å²) in [5.41, 5.74) is 5.54. The molecule has 0 spiro atoms. The highest BCUT2D eigenvalue weighted by Gasteiger charge is 2.19. The molecule has 0 saturated carbocycles. The van der Waals surface area contributed by atoms with Crippen LogP contribution in [0.3, 0.4) is 0 Å². The van der Waals surface area contributed by atoms with Gasteiger partial charge in [-0.05, 0) is 19.3 Å². The summed E-state index contributed by atoms with van der Waals surface area (Å²) in [6.07, 6.45) is 59.6. The van der Waals surface area contributed by atoms with Crippen molar-refractivity contribution >= 4 is 23.6 Å². The van der Waals surface area contributed by atoms with Gasteiger partial charge in [0, 0.05) is 58.4 Å². The van der Waals surface area contributed by atoms with Gasteiger partial charge in [0.25, 0.3) is 0 Å². The monoisotopic (exact) mass is 973 g/mol. The Hall–Kier alpha value is -2.12. The first-order valence-electron chi connectivity index (χ1n) is 31.0. The van der Waals surface area contributed by atoms with Crippen molar-refractivity contribution in [3.8, 4) is 0 Å². The molecule has 0 atom stereocenters. The van der Waals surface area contributed by atoms with Gasteiger partial charge in [-0.2, -0.15) is 0 Å². The number of carbonyl (C=O) groups is 4. The fourth-order valence-electron chi connectivity index (χ4n) is 9.90. The zero-order valence-electron chi connectivity index (χ0n) is 46.8. The van der Waals surface area contributed by atoms with E-state index in [4.69, 9.17) is 5.73 Å². The lowest BCUT2D eigenvalue weighted by Gasteiger charge is -2.28. The van der Waals surface area contributed by atoms with E-state index in [9.17, 15) is 19.2 Å². The molecule has 0 rings (SSSR count). The second kappa shape index (κ2) is 55.2. The SMILES string of the molecule is CCCCCCCCCCCCCCCCCC(=O)NCCN(CCN(CCC(N)=O)C(=O)CCCCCCCCCCCCCCCCC)C(=O)CCCCCCCCCCCCCCCCC. The molecule has 4 amide bonds. The first-order valence-corrected chi connectivity index (χ1v) is 31.0. The van der Waals surface area contributed by atoms with Crippen molar-refractivity contribution < 1.29 is 19.2 Å². The zero-order chi connectivity index (χ0) is 50.4. The van der Waals surface area contributed by atoms with Crippen LogP contribution in [-0.2, 0) is 19.2 Å². The fraction of sp³-hybridized carbons (Fsp3) is 0.934.